The van der Waals surface area contributed by atoms with Gasteiger partial charge in [0, 0.05) is 6.07 Å². The molecular weight excluding hydrogens is 326 g/mol. The Kier molecular flexibility index (Phi) is 4.35. The lowest BCUT2D eigenvalue weighted by Crippen LogP contribution is -2.15. The average Bonchev–Trinajstić information content (AvgIpc) is 2.92. The molecule has 0 radical (unpaired) electrons. The molecule has 0 saturated carbocycles. The van der Waals surface area contributed by atoms with Crippen molar-refractivity contribution >= 4 is 44.9 Å². The van der Waals surface area contributed by atoms with Crippen LogP contribution in [0.3, 0.4) is 0 Å². The number of rotatable bonds is 4. The van der Waals surface area contributed by atoms with Crippen LogP contribution in [0.1, 0.15) is 0 Å². The van der Waals surface area contributed by atoms with Gasteiger partial charge in [-0.3, -0.25) is 4.79 Å². The van der Waals surface area contributed by atoms with E-state index in [1.165, 1.54) is 23.1 Å². The number of hydrogen-bond donors (Lipinski definition) is 1. The van der Waals surface area contributed by atoms with Crippen molar-refractivity contribution in [2.45, 2.75) is 4.34 Å². The number of thiazole rings is 1. The van der Waals surface area contributed by atoms with Crippen molar-refractivity contribution in [3.8, 4) is 0 Å². The zero-order valence-corrected chi connectivity index (χ0v) is 12.8. The Morgan fingerprint density at radius 3 is 2.86 bits per heavy atom. The molecule has 0 unspecified atom stereocenters. The smallest absolute Gasteiger partial charge is 0.234 e. The van der Waals surface area contributed by atoms with Crippen molar-refractivity contribution in [3.05, 3.63) is 54.1 Å². The number of thioether (sulfide) groups is 1. The number of benzene rings is 2. The van der Waals surface area contributed by atoms with Crippen LogP contribution in [0.5, 0.6) is 0 Å². The lowest BCUT2D eigenvalue weighted by atomic mass is 10.3. The summed E-state index contributed by atoms with van der Waals surface area (Å²) in [5.41, 5.74) is 0.724. The first kappa shape index (κ1) is 14.9. The molecule has 0 fully saturated rings. The summed E-state index contributed by atoms with van der Waals surface area (Å²) < 4.78 is 28.3. The summed E-state index contributed by atoms with van der Waals surface area (Å²) in [6.45, 7) is 0. The highest BCUT2D eigenvalue weighted by Gasteiger charge is 2.10. The van der Waals surface area contributed by atoms with E-state index < -0.39 is 17.5 Å². The zero-order valence-electron chi connectivity index (χ0n) is 11.2. The number of carbonyl (C=O) groups excluding carboxylic acids is 1. The van der Waals surface area contributed by atoms with Crippen molar-refractivity contribution < 1.29 is 13.6 Å². The maximum absolute atomic E-state index is 13.4. The van der Waals surface area contributed by atoms with E-state index in [0.717, 1.165) is 32.8 Å². The Labute approximate surface area is 133 Å². The van der Waals surface area contributed by atoms with Gasteiger partial charge in [0.25, 0.3) is 0 Å². The highest BCUT2D eigenvalue weighted by atomic mass is 32.2. The van der Waals surface area contributed by atoms with E-state index in [-0.39, 0.29) is 11.4 Å². The molecule has 112 valence electrons. The molecule has 0 spiro atoms. The Hall–Kier alpha value is -1.99. The highest BCUT2D eigenvalue weighted by molar-refractivity contribution is 8.01. The quantitative estimate of drug-likeness (QED) is 0.722. The van der Waals surface area contributed by atoms with Crippen molar-refractivity contribution in [1.29, 1.82) is 0 Å². The van der Waals surface area contributed by atoms with Crippen LogP contribution in [-0.2, 0) is 4.79 Å². The first-order chi connectivity index (χ1) is 10.6. The molecule has 0 aliphatic heterocycles. The molecular formula is C15H10F2N2OS2. The maximum Gasteiger partial charge on any atom is 0.234 e. The van der Waals surface area contributed by atoms with Gasteiger partial charge in [-0.25, -0.2) is 13.8 Å². The fourth-order valence-electron chi connectivity index (χ4n) is 1.82. The highest BCUT2D eigenvalue weighted by Crippen LogP contribution is 2.29. The van der Waals surface area contributed by atoms with E-state index in [9.17, 15) is 13.6 Å². The molecule has 2 aromatic carbocycles. The number of aromatic nitrogens is 1. The number of fused-ring (bicyclic) bond motifs is 1. The minimum Gasteiger partial charge on any atom is -0.323 e. The summed E-state index contributed by atoms with van der Waals surface area (Å²) in [5, 5.41) is 2.36. The number of amides is 1. The van der Waals surface area contributed by atoms with Gasteiger partial charge in [-0.05, 0) is 24.3 Å². The Bertz CT molecular complexity index is 802. The predicted molar refractivity (Wildman–Crippen MR) is 85.3 cm³/mol. The summed E-state index contributed by atoms with van der Waals surface area (Å²) in [6, 6.07) is 10.6. The van der Waals surface area contributed by atoms with Gasteiger partial charge in [0.15, 0.2) is 4.34 Å². The van der Waals surface area contributed by atoms with Gasteiger partial charge in [-0.1, -0.05) is 23.9 Å². The van der Waals surface area contributed by atoms with Crippen molar-refractivity contribution in [3.63, 3.8) is 0 Å². The van der Waals surface area contributed by atoms with E-state index in [1.807, 2.05) is 24.3 Å². The number of nitrogens with zero attached hydrogens (tertiary/aromatic N) is 1. The number of anilines is 1. The van der Waals surface area contributed by atoms with E-state index in [4.69, 9.17) is 0 Å². The summed E-state index contributed by atoms with van der Waals surface area (Å²) in [4.78, 5) is 16.2. The SMILES string of the molecule is O=C(CSc1nc2ccccc2s1)Nc1cc(F)ccc1F. The molecule has 0 aliphatic carbocycles. The second kappa shape index (κ2) is 6.41. The van der Waals surface area contributed by atoms with Crippen LogP contribution in [0.4, 0.5) is 14.5 Å². The van der Waals surface area contributed by atoms with Crippen molar-refractivity contribution in [2.75, 3.05) is 11.1 Å². The minimum absolute atomic E-state index is 0.0791. The summed E-state index contributed by atoms with van der Waals surface area (Å²) in [6.07, 6.45) is 0. The molecule has 0 saturated heterocycles. The molecule has 1 aromatic heterocycles. The molecule has 1 heterocycles. The van der Waals surface area contributed by atoms with Gasteiger partial charge in [-0.15, -0.1) is 11.3 Å². The first-order valence-corrected chi connectivity index (χ1v) is 8.15. The van der Waals surface area contributed by atoms with Crippen LogP contribution < -0.4 is 5.32 Å². The van der Waals surface area contributed by atoms with Crippen LogP contribution in [0.25, 0.3) is 10.2 Å². The third-order valence-corrected chi connectivity index (χ3v) is 4.98. The van der Waals surface area contributed by atoms with Crippen molar-refractivity contribution in [2.24, 2.45) is 0 Å². The first-order valence-electron chi connectivity index (χ1n) is 6.35. The second-order valence-corrected chi connectivity index (χ2v) is 6.66. The van der Waals surface area contributed by atoms with Crippen LogP contribution in [0, 0.1) is 11.6 Å². The third-order valence-electron chi connectivity index (χ3n) is 2.80. The number of para-hydroxylation sites is 1. The number of hydrogen-bond acceptors (Lipinski definition) is 4. The fraction of sp³-hybridized carbons (Fsp3) is 0.0667. The van der Waals surface area contributed by atoms with E-state index in [2.05, 4.69) is 10.3 Å². The molecule has 7 heteroatoms. The Balaban J connectivity index is 1.63. The van der Waals surface area contributed by atoms with Gasteiger partial charge >= 0.3 is 0 Å². The van der Waals surface area contributed by atoms with Crippen LogP contribution >= 0.6 is 23.1 Å². The largest absolute Gasteiger partial charge is 0.323 e. The monoisotopic (exact) mass is 336 g/mol. The lowest BCUT2D eigenvalue weighted by molar-refractivity contribution is -0.113. The normalized spacial score (nSPS) is 10.8. The number of nitrogens with one attached hydrogen (secondary N) is 1. The predicted octanol–water partition coefficient (Wildman–Crippen LogP) is 4.31. The summed E-state index contributed by atoms with van der Waals surface area (Å²) >= 11 is 2.75. The number of carbonyl (C=O) groups is 1. The van der Waals surface area contributed by atoms with Gasteiger partial charge in [0.05, 0.1) is 21.7 Å². The van der Waals surface area contributed by atoms with Gasteiger partial charge in [0.2, 0.25) is 5.91 Å². The standard InChI is InChI=1S/C15H10F2N2OS2/c16-9-5-6-10(17)12(7-9)18-14(20)8-21-15-19-11-3-1-2-4-13(11)22-15/h1-7H,8H2,(H,18,20). The molecule has 3 rings (SSSR count). The summed E-state index contributed by atoms with van der Waals surface area (Å²) in [7, 11) is 0. The van der Waals surface area contributed by atoms with E-state index >= 15 is 0 Å². The molecule has 3 nitrogen and oxygen atoms in total. The Morgan fingerprint density at radius 2 is 2.05 bits per heavy atom. The number of halogens is 2. The topological polar surface area (TPSA) is 42.0 Å². The molecule has 22 heavy (non-hydrogen) atoms. The second-order valence-electron chi connectivity index (χ2n) is 4.41. The Morgan fingerprint density at radius 1 is 1.23 bits per heavy atom. The fourth-order valence-corrected chi connectivity index (χ4v) is 3.69. The van der Waals surface area contributed by atoms with E-state index in [1.54, 1.807) is 0 Å². The van der Waals surface area contributed by atoms with Crippen LogP contribution in [0.2, 0.25) is 0 Å². The molecule has 3 aromatic rings. The third kappa shape index (κ3) is 3.42. The molecule has 1 N–H and O–H groups in total. The average molecular weight is 336 g/mol. The lowest BCUT2D eigenvalue weighted by Gasteiger charge is -2.05. The minimum atomic E-state index is -0.667. The zero-order chi connectivity index (χ0) is 15.5. The van der Waals surface area contributed by atoms with Crippen LogP contribution in [0.15, 0.2) is 46.8 Å². The molecule has 1 amide bonds. The van der Waals surface area contributed by atoms with E-state index in [0.29, 0.717) is 0 Å². The van der Waals surface area contributed by atoms with Crippen molar-refractivity contribution in [1.82, 2.24) is 4.98 Å². The molecule has 0 aliphatic rings. The van der Waals surface area contributed by atoms with Crippen LogP contribution in [-0.4, -0.2) is 16.6 Å². The molecule has 0 atom stereocenters. The molecule has 0 bridgehead atoms. The summed E-state index contributed by atoms with van der Waals surface area (Å²) in [5.74, 6) is -1.60. The van der Waals surface area contributed by atoms with Gasteiger partial charge in [-0.2, -0.15) is 0 Å². The maximum atomic E-state index is 13.4. The van der Waals surface area contributed by atoms with Gasteiger partial charge < -0.3 is 5.32 Å². The van der Waals surface area contributed by atoms with Gasteiger partial charge in [0.1, 0.15) is 11.6 Å².